The standard InChI is InChI=1S/C40H24N4O.C39H24N4O.C33H20N4S/c1-2-10-24(11-3-1)38-41-39(26-18-19-29-27(23-26)22-25-12-4-5-13-28(25)29)43-40(42-38)44-33-16-8-6-14-30(33)31-20-21-35-36(37(31)44)32-15-7-9-17-34(32)45-35;1-3-11-25(12-4-1)26-19-21-28(22-20-26)38-40-37(27-13-5-2-6-14-27)41-39(42-38)43-32-17-9-7-15-29(32)30-23-24-34-35(36(30)43)31-16-8-10-18-33(31)44-34;1-3-11-21(12-4-1)31-34-32(22-13-5-2-6-14-22)36-33(35-31)37-26-17-9-7-15-23(26)24-19-20-28-29(30(24)37)25-16-8-10-18-27(25)38-28/h1-21,23H,22H2;1-24H;1-20H. The van der Waals surface area contributed by atoms with Crippen molar-refractivity contribution in [2.24, 2.45) is 0 Å². The predicted octanol–water partition coefficient (Wildman–Crippen LogP) is 28.3. The fourth-order valence-corrected chi connectivity index (χ4v) is 19.8. The summed E-state index contributed by atoms with van der Waals surface area (Å²) in [5, 5.41) is 13.6. The van der Waals surface area contributed by atoms with E-state index < -0.39 is 0 Å². The van der Waals surface area contributed by atoms with Crippen LogP contribution in [-0.2, 0) is 6.42 Å². The number of furan rings is 2. The number of benzene rings is 17. The molecular weight excluding hydrogens is 1580 g/mol. The molecule has 0 N–H and O–H groups in total. The largest absolute Gasteiger partial charge is 0.456 e. The van der Waals surface area contributed by atoms with E-state index in [1.54, 1.807) is 0 Å². The molecule has 0 spiro atoms. The van der Waals surface area contributed by atoms with Gasteiger partial charge in [-0.05, 0) is 113 Å². The van der Waals surface area contributed by atoms with E-state index in [2.05, 4.69) is 275 Å². The van der Waals surface area contributed by atoms with E-state index in [0.717, 1.165) is 144 Å². The highest BCUT2D eigenvalue weighted by atomic mass is 32.1. The zero-order valence-electron chi connectivity index (χ0n) is 67.9. The van der Waals surface area contributed by atoms with Crippen LogP contribution in [0.1, 0.15) is 11.1 Å². The highest BCUT2D eigenvalue weighted by molar-refractivity contribution is 7.26. The average Bonchev–Trinajstić information content (AvgIpc) is 1.57. The molecule has 0 saturated carbocycles. The maximum atomic E-state index is 6.34. The summed E-state index contributed by atoms with van der Waals surface area (Å²) in [4.78, 5) is 45.8. The SMILES string of the molecule is c1ccc(-c2ccc(-c3nc(-c4ccccc4)nc(-n4c5ccccc5c5ccc6oc7ccccc7c6c54)n3)cc2)cc1.c1ccc(-c2nc(-c3ccc4c(c3)Cc3ccccc3-4)nc(-n3c4ccccc4c4ccc5oc6ccccc6c5c43)n2)cc1.c1ccc(-c2nc(-c3ccccc3)nc(-n3c4ccccc4c4ccc5sc6ccccc6c5c43)n2)cc1. The minimum Gasteiger partial charge on any atom is -0.456 e. The summed E-state index contributed by atoms with van der Waals surface area (Å²) >= 11 is 1.82. The van der Waals surface area contributed by atoms with Crippen molar-refractivity contribution >= 4 is 141 Å². The summed E-state index contributed by atoms with van der Waals surface area (Å²) in [5.41, 5.74) is 22.9. The molecule has 594 valence electrons. The highest BCUT2D eigenvalue weighted by Gasteiger charge is 2.28. The second-order valence-corrected chi connectivity index (χ2v) is 32.9. The van der Waals surface area contributed by atoms with Crippen LogP contribution in [-0.4, -0.2) is 58.6 Å². The van der Waals surface area contributed by atoms with E-state index in [1.807, 2.05) is 151 Å². The van der Waals surface area contributed by atoms with E-state index in [1.165, 1.54) is 58.8 Å². The Labute approximate surface area is 729 Å². The van der Waals surface area contributed by atoms with Gasteiger partial charge in [-0.2, -0.15) is 29.9 Å². The zero-order chi connectivity index (χ0) is 83.6. The maximum Gasteiger partial charge on any atom is 0.238 e. The van der Waals surface area contributed by atoms with Crippen LogP contribution in [0.15, 0.2) is 409 Å². The van der Waals surface area contributed by atoms with Crippen molar-refractivity contribution in [1.29, 1.82) is 0 Å². The molecule has 9 heterocycles. The molecule has 1 aliphatic rings. The van der Waals surface area contributed by atoms with Crippen molar-refractivity contribution < 1.29 is 8.83 Å². The summed E-state index contributed by atoms with van der Waals surface area (Å²) in [6, 6.07) is 138. The van der Waals surface area contributed by atoms with E-state index in [-0.39, 0.29) is 0 Å². The number of fused-ring (bicyclic) bond motifs is 24. The number of aromatic nitrogens is 12. The van der Waals surface area contributed by atoms with Crippen molar-refractivity contribution in [2.75, 3.05) is 0 Å². The Morgan fingerprint density at radius 1 is 0.205 bits per heavy atom. The minimum absolute atomic E-state index is 0.560. The lowest BCUT2D eigenvalue weighted by molar-refractivity contribution is 0.669. The first kappa shape index (κ1) is 72.8. The predicted molar refractivity (Wildman–Crippen MR) is 516 cm³/mol. The lowest BCUT2D eigenvalue weighted by Crippen LogP contribution is -2.06. The maximum absolute atomic E-state index is 6.34. The number of hydrogen-bond donors (Lipinski definition) is 0. The van der Waals surface area contributed by atoms with Gasteiger partial charge in [-0.3, -0.25) is 13.7 Å². The molecule has 0 radical (unpaired) electrons. The fourth-order valence-electron chi connectivity index (χ4n) is 18.7. The van der Waals surface area contributed by atoms with Gasteiger partial charge in [0.15, 0.2) is 34.9 Å². The summed E-state index contributed by atoms with van der Waals surface area (Å²) in [5.74, 6) is 5.58. The van der Waals surface area contributed by atoms with Crippen molar-refractivity contribution in [1.82, 2.24) is 58.6 Å². The molecule has 0 amide bonds. The topological polar surface area (TPSA) is 157 Å². The summed E-state index contributed by atoms with van der Waals surface area (Å²) in [6.07, 6.45) is 0.904. The molecule has 127 heavy (non-hydrogen) atoms. The Balaban J connectivity index is 0.000000104. The quantitative estimate of drug-likeness (QED) is 0.128. The smallest absolute Gasteiger partial charge is 0.238 e. The van der Waals surface area contributed by atoms with Gasteiger partial charge in [0, 0.05) is 96.6 Å². The van der Waals surface area contributed by atoms with Crippen LogP contribution in [0.4, 0.5) is 0 Å². The Morgan fingerprint density at radius 3 is 0.984 bits per heavy atom. The zero-order valence-corrected chi connectivity index (χ0v) is 68.7. The van der Waals surface area contributed by atoms with E-state index in [0.29, 0.717) is 52.8 Å². The van der Waals surface area contributed by atoms with Gasteiger partial charge >= 0.3 is 0 Å². The van der Waals surface area contributed by atoms with Crippen LogP contribution >= 0.6 is 11.3 Å². The van der Waals surface area contributed by atoms with Gasteiger partial charge < -0.3 is 8.83 Å². The van der Waals surface area contributed by atoms with Crippen LogP contribution in [0.25, 0.3) is 238 Å². The first-order valence-electron chi connectivity index (χ1n) is 42.4. The monoisotopic (exact) mass is 1640 g/mol. The Hall–Kier alpha value is -17.0. The molecule has 0 fully saturated rings. The molecule has 1 aliphatic carbocycles. The molecule has 0 bridgehead atoms. The Morgan fingerprint density at radius 2 is 0.528 bits per heavy atom. The van der Waals surface area contributed by atoms with Gasteiger partial charge in [0.05, 0.1) is 43.9 Å². The lowest BCUT2D eigenvalue weighted by atomic mass is 10.0. The number of para-hydroxylation sites is 5. The van der Waals surface area contributed by atoms with Gasteiger partial charge in [0.2, 0.25) is 17.8 Å². The first-order chi connectivity index (χ1) is 63.0. The van der Waals surface area contributed by atoms with Gasteiger partial charge in [-0.1, -0.05) is 328 Å². The van der Waals surface area contributed by atoms with E-state index >= 15 is 0 Å². The highest BCUT2D eigenvalue weighted by Crippen LogP contribution is 2.47. The normalized spacial score (nSPS) is 11.9. The van der Waals surface area contributed by atoms with Crippen molar-refractivity contribution in [3.8, 4) is 108 Å². The molecule has 26 aromatic rings. The molecule has 0 atom stereocenters. The number of thiophene rings is 1. The molecule has 15 heteroatoms. The molecule has 14 nitrogen and oxygen atoms in total. The Kier molecular flexibility index (Phi) is 17.2. The number of hydrogen-bond acceptors (Lipinski definition) is 12. The lowest BCUT2D eigenvalue weighted by Gasteiger charge is -2.12. The van der Waals surface area contributed by atoms with Gasteiger partial charge in [-0.25, -0.2) is 15.0 Å². The Bertz CT molecular complexity index is 8810. The van der Waals surface area contributed by atoms with Crippen LogP contribution in [0.3, 0.4) is 0 Å². The van der Waals surface area contributed by atoms with Gasteiger partial charge in [0.25, 0.3) is 0 Å². The van der Waals surface area contributed by atoms with Crippen LogP contribution in [0, 0.1) is 0 Å². The summed E-state index contributed by atoms with van der Waals surface area (Å²) in [7, 11) is 0. The number of nitrogens with zero attached hydrogens (tertiary/aromatic N) is 12. The summed E-state index contributed by atoms with van der Waals surface area (Å²) in [6.45, 7) is 0. The molecule has 9 aromatic heterocycles. The molecule has 0 aliphatic heterocycles. The minimum atomic E-state index is 0.560. The van der Waals surface area contributed by atoms with E-state index in [9.17, 15) is 0 Å². The molecule has 17 aromatic carbocycles. The molecule has 0 saturated heterocycles. The summed E-state index contributed by atoms with van der Waals surface area (Å²) < 4.78 is 21.8. The second-order valence-electron chi connectivity index (χ2n) is 31.8. The van der Waals surface area contributed by atoms with Crippen molar-refractivity contribution in [3.63, 3.8) is 0 Å². The number of rotatable bonds is 10. The molecule has 0 unspecified atom stereocenters. The average molecular weight is 1650 g/mol. The van der Waals surface area contributed by atoms with Crippen LogP contribution < -0.4 is 0 Å². The van der Waals surface area contributed by atoms with Crippen LogP contribution in [0.2, 0.25) is 0 Å². The third-order valence-electron chi connectivity index (χ3n) is 24.4. The van der Waals surface area contributed by atoms with Crippen molar-refractivity contribution in [2.45, 2.75) is 6.42 Å². The first-order valence-corrected chi connectivity index (χ1v) is 43.2. The van der Waals surface area contributed by atoms with Crippen molar-refractivity contribution in [3.05, 3.63) is 412 Å². The molecule has 27 rings (SSSR count). The van der Waals surface area contributed by atoms with Gasteiger partial charge in [-0.15, -0.1) is 11.3 Å². The second kappa shape index (κ2) is 30.0. The van der Waals surface area contributed by atoms with E-state index in [4.69, 9.17) is 53.7 Å². The fraction of sp³-hybridized carbons (Fsp3) is 0.00893. The third-order valence-corrected chi connectivity index (χ3v) is 25.6. The van der Waals surface area contributed by atoms with Crippen LogP contribution in [0.5, 0.6) is 0 Å². The van der Waals surface area contributed by atoms with Gasteiger partial charge in [0.1, 0.15) is 22.3 Å². The third kappa shape index (κ3) is 12.3. The molecular formula is C112H68N12O2S.